The van der Waals surface area contributed by atoms with Crippen molar-refractivity contribution in [3.63, 3.8) is 0 Å². The lowest BCUT2D eigenvalue weighted by Crippen LogP contribution is -2.21. The Labute approximate surface area is 99.2 Å². The van der Waals surface area contributed by atoms with Gasteiger partial charge >= 0.3 is 0 Å². The van der Waals surface area contributed by atoms with Crippen LogP contribution < -0.4 is 0 Å². The molecule has 0 fully saturated rings. The second-order valence-electron chi connectivity index (χ2n) is 3.41. The molecule has 1 nitrogen and oxygen atoms in total. The molecule has 0 atom stereocenters. The second kappa shape index (κ2) is 7.49. The Morgan fingerprint density at radius 2 is 1.67 bits per heavy atom. The summed E-state index contributed by atoms with van der Waals surface area (Å²) in [5, 5.41) is 0. The van der Waals surface area contributed by atoms with Gasteiger partial charge in [-0.3, -0.25) is 4.90 Å². The number of hydrogen-bond acceptors (Lipinski definition) is 1. The van der Waals surface area contributed by atoms with Gasteiger partial charge in [0.25, 0.3) is 0 Å². The maximum Gasteiger partial charge on any atom is 0.0233 e. The Morgan fingerprint density at radius 3 is 2.07 bits per heavy atom. The van der Waals surface area contributed by atoms with Gasteiger partial charge in [0, 0.05) is 6.54 Å². The van der Waals surface area contributed by atoms with Crippen LogP contribution in [0.1, 0.15) is 25.0 Å². The van der Waals surface area contributed by atoms with Crippen molar-refractivity contribution in [2.45, 2.75) is 20.4 Å². The SMILES string of the molecule is C=Cc1ccc(CN(CC)CC)cc1.Cl. The highest BCUT2D eigenvalue weighted by Gasteiger charge is 1.99. The van der Waals surface area contributed by atoms with Crippen LogP contribution in [0, 0.1) is 0 Å². The molecule has 0 saturated carbocycles. The summed E-state index contributed by atoms with van der Waals surface area (Å²) in [6.07, 6.45) is 1.88. The molecule has 0 spiro atoms. The fourth-order valence-electron chi connectivity index (χ4n) is 1.46. The molecular formula is C13H20ClN. The normalized spacial score (nSPS) is 9.80. The molecule has 1 aromatic rings. The predicted molar refractivity (Wildman–Crippen MR) is 70.4 cm³/mol. The van der Waals surface area contributed by atoms with Gasteiger partial charge in [0.15, 0.2) is 0 Å². The van der Waals surface area contributed by atoms with E-state index in [0.29, 0.717) is 0 Å². The highest BCUT2D eigenvalue weighted by molar-refractivity contribution is 5.85. The van der Waals surface area contributed by atoms with Crippen LogP contribution >= 0.6 is 12.4 Å². The zero-order valence-electron chi connectivity index (χ0n) is 9.57. The van der Waals surface area contributed by atoms with E-state index in [1.807, 2.05) is 6.08 Å². The molecule has 2 heteroatoms. The number of benzene rings is 1. The summed E-state index contributed by atoms with van der Waals surface area (Å²) in [5.41, 5.74) is 2.56. The first-order valence-electron chi connectivity index (χ1n) is 5.23. The van der Waals surface area contributed by atoms with Crippen molar-refractivity contribution >= 4 is 18.5 Å². The van der Waals surface area contributed by atoms with Crippen LogP contribution in [0.4, 0.5) is 0 Å². The van der Waals surface area contributed by atoms with Crippen molar-refractivity contribution in [3.05, 3.63) is 42.0 Å². The topological polar surface area (TPSA) is 3.24 Å². The molecule has 0 radical (unpaired) electrons. The van der Waals surface area contributed by atoms with Crippen molar-refractivity contribution in [1.82, 2.24) is 4.90 Å². The number of hydrogen-bond donors (Lipinski definition) is 0. The van der Waals surface area contributed by atoms with Crippen molar-refractivity contribution in [2.75, 3.05) is 13.1 Å². The average molecular weight is 226 g/mol. The largest absolute Gasteiger partial charge is 0.300 e. The van der Waals surface area contributed by atoms with Gasteiger partial charge in [-0.15, -0.1) is 12.4 Å². The number of nitrogens with zero attached hydrogens (tertiary/aromatic N) is 1. The van der Waals surface area contributed by atoms with Crippen molar-refractivity contribution in [3.8, 4) is 0 Å². The minimum Gasteiger partial charge on any atom is -0.300 e. The molecule has 0 bridgehead atoms. The highest BCUT2D eigenvalue weighted by atomic mass is 35.5. The molecule has 0 amide bonds. The van der Waals surface area contributed by atoms with Crippen LogP contribution in [-0.2, 0) is 6.54 Å². The van der Waals surface area contributed by atoms with Gasteiger partial charge in [0.1, 0.15) is 0 Å². The summed E-state index contributed by atoms with van der Waals surface area (Å²) >= 11 is 0. The summed E-state index contributed by atoms with van der Waals surface area (Å²) in [6, 6.07) is 8.59. The fraction of sp³-hybridized carbons (Fsp3) is 0.385. The molecule has 0 aliphatic carbocycles. The zero-order valence-corrected chi connectivity index (χ0v) is 10.4. The molecule has 0 N–H and O–H groups in total. The first kappa shape index (κ1) is 14.2. The maximum atomic E-state index is 3.74. The molecule has 15 heavy (non-hydrogen) atoms. The number of rotatable bonds is 5. The van der Waals surface area contributed by atoms with Gasteiger partial charge in [-0.1, -0.05) is 50.8 Å². The quantitative estimate of drug-likeness (QED) is 0.740. The molecular weight excluding hydrogens is 206 g/mol. The molecule has 0 aliphatic rings. The van der Waals surface area contributed by atoms with E-state index in [-0.39, 0.29) is 12.4 Å². The van der Waals surface area contributed by atoms with E-state index in [1.165, 1.54) is 11.1 Å². The van der Waals surface area contributed by atoms with Gasteiger partial charge in [0.2, 0.25) is 0 Å². The van der Waals surface area contributed by atoms with Gasteiger partial charge < -0.3 is 0 Å². The number of halogens is 1. The third-order valence-corrected chi connectivity index (χ3v) is 2.52. The first-order valence-corrected chi connectivity index (χ1v) is 5.23. The Kier molecular flexibility index (Phi) is 7.10. The van der Waals surface area contributed by atoms with E-state index in [1.54, 1.807) is 0 Å². The van der Waals surface area contributed by atoms with E-state index in [2.05, 4.69) is 49.6 Å². The van der Waals surface area contributed by atoms with E-state index < -0.39 is 0 Å². The van der Waals surface area contributed by atoms with E-state index in [4.69, 9.17) is 0 Å². The molecule has 84 valence electrons. The Hall–Kier alpha value is -0.790. The molecule has 0 heterocycles. The summed E-state index contributed by atoms with van der Waals surface area (Å²) in [6.45, 7) is 11.4. The summed E-state index contributed by atoms with van der Waals surface area (Å²) in [4.78, 5) is 2.41. The van der Waals surface area contributed by atoms with Crippen LogP contribution in [0.15, 0.2) is 30.8 Å². The molecule has 0 aromatic heterocycles. The lowest BCUT2D eigenvalue weighted by Gasteiger charge is -2.17. The standard InChI is InChI=1S/C13H19N.ClH/c1-4-12-7-9-13(10-8-12)11-14(5-2)6-3;/h4,7-10H,1,5-6,11H2,2-3H3;1H. The van der Waals surface area contributed by atoms with Gasteiger partial charge in [-0.25, -0.2) is 0 Å². The third kappa shape index (κ3) is 4.50. The third-order valence-electron chi connectivity index (χ3n) is 2.52. The van der Waals surface area contributed by atoms with Crippen molar-refractivity contribution < 1.29 is 0 Å². The highest BCUT2D eigenvalue weighted by Crippen LogP contribution is 2.07. The second-order valence-corrected chi connectivity index (χ2v) is 3.41. The first-order chi connectivity index (χ1) is 6.80. The molecule has 0 unspecified atom stereocenters. The minimum absolute atomic E-state index is 0. The van der Waals surface area contributed by atoms with Gasteiger partial charge in [-0.05, 0) is 24.2 Å². The lowest BCUT2D eigenvalue weighted by molar-refractivity contribution is 0.296. The van der Waals surface area contributed by atoms with Crippen LogP contribution in [-0.4, -0.2) is 18.0 Å². The summed E-state index contributed by atoms with van der Waals surface area (Å²) < 4.78 is 0. The smallest absolute Gasteiger partial charge is 0.0233 e. The van der Waals surface area contributed by atoms with Crippen LogP contribution in [0.5, 0.6) is 0 Å². The van der Waals surface area contributed by atoms with Gasteiger partial charge in [0.05, 0.1) is 0 Å². The van der Waals surface area contributed by atoms with E-state index >= 15 is 0 Å². The predicted octanol–water partition coefficient (Wildman–Crippen LogP) is 3.59. The van der Waals surface area contributed by atoms with E-state index in [0.717, 1.165) is 19.6 Å². The summed E-state index contributed by atoms with van der Waals surface area (Å²) in [5.74, 6) is 0. The monoisotopic (exact) mass is 225 g/mol. The van der Waals surface area contributed by atoms with Crippen LogP contribution in [0.3, 0.4) is 0 Å². The minimum atomic E-state index is 0. The van der Waals surface area contributed by atoms with E-state index in [9.17, 15) is 0 Å². The molecule has 1 aromatic carbocycles. The fourth-order valence-corrected chi connectivity index (χ4v) is 1.46. The Morgan fingerprint density at radius 1 is 1.13 bits per heavy atom. The van der Waals surface area contributed by atoms with Crippen LogP contribution in [0.25, 0.3) is 6.08 Å². The average Bonchev–Trinajstić information content (AvgIpc) is 2.26. The molecule has 0 aliphatic heterocycles. The van der Waals surface area contributed by atoms with Gasteiger partial charge in [-0.2, -0.15) is 0 Å². The molecule has 1 rings (SSSR count). The lowest BCUT2D eigenvalue weighted by atomic mass is 10.1. The zero-order chi connectivity index (χ0) is 10.4. The Bertz CT molecular complexity index is 275. The van der Waals surface area contributed by atoms with Crippen LogP contribution in [0.2, 0.25) is 0 Å². The summed E-state index contributed by atoms with van der Waals surface area (Å²) in [7, 11) is 0. The van der Waals surface area contributed by atoms with Crippen molar-refractivity contribution in [2.24, 2.45) is 0 Å². The van der Waals surface area contributed by atoms with Crippen molar-refractivity contribution in [1.29, 1.82) is 0 Å². The molecule has 0 saturated heterocycles. The maximum absolute atomic E-state index is 3.74. The Balaban J connectivity index is 0.00000196.